The highest BCUT2D eigenvalue weighted by Gasteiger charge is 2.76. The number of fused-ring (bicyclic) bond motifs is 5. The fourth-order valence-electron chi connectivity index (χ4n) is 8.95. The molecular weight excluding hydrogens is 654 g/mol. The number of alkyl carbamates (subject to hydrolysis) is 1. The molecule has 4 aliphatic carbocycles. The Labute approximate surface area is 289 Å². The van der Waals surface area contributed by atoms with Crippen molar-refractivity contribution in [3.63, 3.8) is 0 Å². The van der Waals surface area contributed by atoms with Crippen molar-refractivity contribution >= 4 is 23.8 Å². The first-order valence-corrected chi connectivity index (χ1v) is 17.2. The average Bonchev–Trinajstić information content (AvgIpc) is 3.91. The Morgan fingerprint density at radius 3 is 2.30 bits per heavy atom. The number of aliphatic hydroxyl groups excluding tert-OH is 3. The normalized spacial score (nSPS) is 38.6. The highest BCUT2D eigenvalue weighted by molar-refractivity contribution is 5.94. The highest BCUT2D eigenvalue weighted by atomic mass is 16.6. The van der Waals surface area contributed by atoms with E-state index in [0.29, 0.717) is 12.8 Å². The molecule has 0 aromatic heterocycles. The third-order valence-corrected chi connectivity index (χ3v) is 12.1. The van der Waals surface area contributed by atoms with Gasteiger partial charge in [-0.2, -0.15) is 0 Å². The van der Waals surface area contributed by atoms with Gasteiger partial charge < -0.3 is 49.8 Å². The van der Waals surface area contributed by atoms with E-state index in [9.17, 15) is 44.7 Å². The van der Waals surface area contributed by atoms with Crippen LogP contribution in [0.5, 0.6) is 0 Å². The molecule has 11 atom stereocenters. The molecule has 6 rings (SSSR count). The van der Waals surface area contributed by atoms with Crippen molar-refractivity contribution in [3.05, 3.63) is 47.0 Å². The Kier molecular flexibility index (Phi) is 9.22. The minimum atomic E-state index is -2.26. The van der Waals surface area contributed by atoms with Gasteiger partial charge in [0.1, 0.15) is 29.5 Å². The number of hydrogen-bond donors (Lipinski definition) is 6. The summed E-state index contributed by atoms with van der Waals surface area (Å²) in [6.07, 6.45) is -9.44. The maximum absolute atomic E-state index is 14.6. The number of hydrogen-bond acceptors (Lipinski definition) is 13. The van der Waals surface area contributed by atoms with E-state index in [1.807, 2.05) is 0 Å². The van der Waals surface area contributed by atoms with Crippen LogP contribution in [0.4, 0.5) is 4.79 Å². The van der Waals surface area contributed by atoms with Crippen molar-refractivity contribution in [2.75, 3.05) is 13.2 Å². The van der Waals surface area contributed by atoms with Gasteiger partial charge in [-0.15, -0.1) is 0 Å². The lowest BCUT2D eigenvalue weighted by atomic mass is 9.44. The molecule has 1 aliphatic heterocycles. The van der Waals surface area contributed by atoms with Crippen LogP contribution in [0.1, 0.15) is 70.7 Å². The van der Waals surface area contributed by atoms with Crippen LogP contribution in [0, 0.1) is 22.7 Å². The van der Waals surface area contributed by atoms with E-state index < -0.39 is 101 Å². The molecule has 1 heterocycles. The third-order valence-electron chi connectivity index (χ3n) is 12.1. The van der Waals surface area contributed by atoms with Gasteiger partial charge in [0.2, 0.25) is 0 Å². The fraction of sp³-hybridized carbons (Fsp3) is 0.667. The molecule has 14 heteroatoms. The first-order chi connectivity index (χ1) is 23.4. The minimum Gasteiger partial charge on any atom is -0.456 e. The smallest absolute Gasteiger partial charge is 0.407 e. The first kappa shape index (κ1) is 36.4. The number of carbonyl (C=O) groups excluding carboxylic acids is 4. The molecule has 1 saturated heterocycles. The maximum Gasteiger partial charge on any atom is 0.407 e. The zero-order chi connectivity index (χ0) is 36.6. The summed E-state index contributed by atoms with van der Waals surface area (Å²) in [4.78, 5) is 54.2. The van der Waals surface area contributed by atoms with Crippen molar-refractivity contribution in [3.8, 4) is 0 Å². The number of amides is 1. The second-order valence-corrected chi connectivity index (χ2v) is 15.2. The molecule has 0 spiro atoms. The largest absolute Gasteiger partial charge is 0.456 e. The van der Waals surface area contributed by atoms with Gasteiger partial charge in [-0.05, 0) is 62.8 Å². The molecule has 50 heavy (non-hydrogen) atoms. The number of esters is 2. The fourth-order valence-corrected chi connectivity index (χ4v) is 8.95. The monoisotopic (exact) mass is 701 g/mol. The number of carbonyl (C=O) groups is 4. The van der Waals surface area contributed by atoms with Gasteiger partial charge in [0, 0.05) is 24.2 Å². The van der Waals surface area contributed by atoms with Crippen LogP contribution in [0.2, 0.25) is 0 Å². The standard InChI is InChI=1S/C36H47NO13/c1-6-47-32(44)37-24(18-12-13-18)26(40)31(43)49-20-15-36(46)29(50-30(42)19-10-8-7-9-11-19)27-34(5,21(38)14-22-35(27,45)16-48-22)28(41)25(39)23(17(20)2)33(36,3)4/h7-11,18,20-22,24-27,29,38-40,45-46H,6,12-16H2,1-5H3,(H,37,44)/t20?,21-,22+,24-,25+,26+,27-,29-,34+,35-,36+/m0/s1. The summed E-state index contributed by atoms with van der Waals surface area (Å²) in [5, 5.41) is 62.4. The van der Waals surface area contributed by atoms with Crippen molar-refractivity contribution in [1.82, 2.24) is 5.32 Å². The second kappa shape index (κ2) is 12.7. The molecule has 0 radical (unpaired) electrons. The van der Waals surface area contributed by atoms with E-state index in [4.69, 9.17) is 18.9 Å². The molecule has 1 amide bonds. The second-order valence-electron chi connectivity index (χ2n) is 15.2. The van der Waals surface area contributed by atoms with Gasteiger partial charge in [-0.3, -0.25) is 4.79 Å². The van der Waals surface area contributed by atoms with Gasteiger partial charge in [-0.1, -0.05) is 32.0 Å². The van der Waals surface area contributed by atoms with E-state index in [1.54, 1.807) is 39.0 Å². The topological polar surface area (TPSA) is 218 Å². The quantitative estimate of drug-likeness (QED) is 0.127. The number of ketones is 1. The minimum absolute atomic E-state index is 0.0152. The van der Waals surface area contributed by atoms with Crippen LogP contribution in [0.25, 0.3) is 0 Å². The van der Waals surface area contributed by atoms with Crippen LogP contribution in [0.3, 0.4) is 0 Å². The summed E-state index contributed by atoms with van der Waals surface area (Å²) in [5.41, 5.74) is -7.32. The predicted molar refractivity (Wildman–Crippen MR) is 172 cm³/mol. The van der Waals surface area contributed by atoms with Gasteiger partial charge >= 0.3 is 18.0 Å². The van der Waals surface area contributed by atoms with Crippen molar-refractivity contribution in [1.29, 1.82) is 0 Å². The lowest BCUT2D eigenvalue weighted by Crippen LogP contribution is -2.81. The van der Waals surface area contributed by atoms with Crippen LogP contribution < -0.4 is 5.32 Å². The van der Waals surface area contributed by atoms with Gasteiger partial charge in [-0.25, -0.2) is 14.4 Å². The Hall–Kier alpha value is -3.40. The Bertz CT molecular complexity index is 1570. The lowest BCUT2D eigenvalue weighted by molar-refractivity contribution is -0.343. The third kappa shape index (κ3) is 5.46. The van der Waals surface area contributed by atoms with E-state index in [2.05, 4.69) is 5.32 Å². The summed E-state index contributed by atoms with van der Waals surface area (Å²) in [7, 11) is 0. The molecule has 3 saturated carbocycles. The van der Waals surface area contributed by atoms with Crippen LogP contribution in [-0.2, 0) is 28.5 Å². The lowest BCUT2D eigenvalue weighted by Gasteiger charge is -2.66. The van der Waals surface area contributed by atoms with E-state index in [0.717, 1.165) is 0 Å². The first-order valence-electron chi connectivity index (χ1n) is 17.2. The van der Waals surface area contributed by atoms with Crippen LogP contribution >= 0.6 is 0 Å². The van der Waals surface area contributed by atoms with Crippen LogP contribution in [-0.4, -0.2) is 116 Å². The molecule has 6 N–H and O–H groups in total. The number of nitrogens with one attached hydrogen (secondary N) is 1. The molecule has 1 aromatic carbocycles. The molecule has 5 aliphatic rings. The predicted octanol–water partition coefficient (Wildman–Crippen LogP) is 0.948. The number of Topliss-reactive ketones (excluding diaryl/α,β-unsaturated/α-hetero) is 1. The number of ether oxygens (including phenoxy) is 4. The number of rotatable bonds is 8. The van der Waals surface area contributed by atoms with Gasteiger partial charge in [0.05, 0.1) is 42.4 Å². The molecule has 14 nitrogen and oxygen atoms in total. The van der Waals surface area contributed by atoms with Gasteiger partial charge in [0.25, 0.3) is 0 Å². The summed E-state index contributed by atoms with van der Waals surface area (Å²) in [5.74, 6) is -4.60. The SMILES string of the molecule is CCOC(=O)N[C@@H](C1CC1)[C@@H](O)C(=O)OC1C[C@@]2(O)[C@@H](OC(=O)c3ccccc3)[C@@H]3[C@]4(O)CO[C@@H]4C[C@H](O)[C@@]3(C)C(=O)[C@H](O)C(=C1C)C2(C)C. The van der Waals surface area contributed by atoms with Gasteiger partial charge in [0.15, 0.2) is 11.9 Å². The molecule has 274 valence electrons. The summed E-state index contributed by atoms with van der Waals surface area (Å²) < 4.78 is 22.6. The van der Waals surface area contributed by atoms with Crippen molar-refractivity contribution in [2.24, 2.45) is 22.7 Å². The molecule has 1 aromatic rings. The Balaban J connectivity index is 1.46. The molecule has 2 bridgehead atoms. The molecule has 1 unspecified atom stereocenters. The van der Waals surface area contributed by atoms with Crippen LogP contribution in [0.15, 0.2) is 41.5 Å². The zero-order valence-corrected chi connectivity index (χ0v) is 28.8. The number of aliphatic hydroxyl groups is 5. The summed E-state index contributed by atoms with van der Waals surface area (Å²) >= 11 is 0. The zero-order valence-electron chi connectivity index (χ0n) is 28.8. The van der Waals surface area contributed by atoms with E-state index in [-0.39, 0.29) is 42.3 Å². The summed E-state index contributed by atoms with van der Waals surface area (Å²) in [6.45, 7) is 7.42. The summed E-state index contributed by atoms with van der Waals surface area (Å²) in [6, 6.07) is 6.89. The van der Waals surface area contributed by atoms with E-state index >= 15 is 0 Å². The molecule has 4 fully saturated rings. The average molecular weight is 702 g/mol. The number of benzene rings is 1. The Morgan fingerprint density at radius 2 is 1.72 bits per heavy atom. The van der Waals surface area contributed by atoms with Crippen molar-refractivity contribution in [2.45, 2.75) is 114 Å². The Morgan fingerprint density at radius 1 is 1.06 bits per heavy atom. The van der Waals surface area contributed by atoms with Crippen molar-refractivity contribution < 1.29 is 63.7 Å². The highest BCUT2D eigenvalue weighted by Crippen LogP contribution is 2.63. The van der Waals surface area contributed by atoms with E-state index in [1.165, 1.54) is 26.0 Å². The molecular formula is C36H47NO13. The maximum atomic E-state index is 14.6.